The smallest absolute Gasteiger partial charge is 0.236 e. The van der Waals surface area contributed by atoms with Crippen LogP contribution in [0.1, 0.15) is 25.3 Å². The molecule has 2 saturated heterocycles. The molecule has 1 aromatic carbocycles. The highest BCUT2D eigenvalue weighted by molar-refractivity contribution is 5.78. The maximum atomic E-state index is 13.0. The van der Waals surface area contributed by atoms with E-state index in [-0.39, 0.29) is 5.91 Å². The molecule has 0 unspecified atom stereocenters. The van der Waals surface area contributed by atoms with Gasteiger partial charge in [0.05, 0.1) is 25.8 Å². The predicted octanol–water partition coefficient (Wildman–Crippen LogP) is 1.59. The van der Waals surface area contributed by atoms with Crippen LogP contribution in [0.3, 0.4) is 0 Å². The highest BCUT2D eigenvalue weighted by atomic mass is 16.5. The van der Waals surface area contributed by atoms with Gasteiger partial charge in [0, 0.05) is 44.3 Å². The SMILES string of the molecule is CCC[C@H]1COC[C@H]2CN(C(=O)CN3CCOc4ccccc4C3)CCN12. The predicted molar refractivity (Wildman–Crippen MR) is 104 cm³/mol. The fraction of sp³-hybridized carbons (Fsp3) is 0.667. The fourth-order valence-corrected chi connectivity index (χ4v) is 4.55. The average Bonchev–Trinajstić information content (AvgIpc) is 2.89. The van der Waals surface area contributed by atoms with Crippen molar-refractivity contribution in [3.63, 3.8) is 0 Å². The molecule has 6 nitrogen and oxygen atoms in total. The molecule has 3 heterocycles. The van der Waals surface area contributed by atoms with Crippen molar-refractivity contribution in [3.8, 4) is 5.75 Å². The maximum Gasteiger partial charge on any atom is 0.236 e. The minimum atomic E-state index is 0.228. The van der Waals surface area contributed by atoms with Gasteiger partial charge in [-0.15, -0.1) is 0 Å². The number of para-hydroxylation sites is 1. The van der Waals surface area contributed by atoms with E-state index in [4.69, 9.17) is 9.47 Å². The number of benzene rings is 1. The summed E-state index contributed by atoms with van der Waals surface area (Å²) in [5, 5.41) is 0. The van der Waals surface area contributed by atoms with Gasteiger partial charge in [-0.3, -0.25) is 14.6 Å². The summed E-state index contributed by atoms with van der Waals surface area (Å²) in [6.07, 6.45) is 2.36. The van der Waals surface area contributed by atoms with E-state index >= 15 is 0 Å². The lowest BCUT2D eigenvalue weighted by molar-refractivity contribution is -0.141. The zero-order chi connectivity index (χ0) is 18.6. The van der Waals surface area contributed by atoms with E-state index in [1.807, 2.05) is 23.1 Å². The summed E-state index contributed by atoms with van der Waals surface area (Å²) in [4.78, 5) is 19.8. The van der Waals surface area contributed by atoms with E-state index in [1.165, 1.54) is 12.8 Å². The molecule has 1 aromatic rings. The standard InChI is InChI=1S/C21H31N3O3/c1-2-5-18-15-26-16-19-13-23(8-9-24(18)19)21(25)14-22-10-11-27-20-7-4-3-6-17(20)12-22/h3-4,6-7,18-19H,2,5,8-16H2,1H3/t18-,19+/m0/s1. The number of carbonyl (C=O) groups excluding carboxylic acids is 1. The molecule has 148 valence electrons. The van der Waals surface area contributed by atoms with Crippen LogP contribution in [0.5, 0.6) is 5.75 Å². The summed E-state index contributed by atoms with van der Waals surface area (Å²) in [6, 6.07) is 8.99. The van der Waals surface area contributed by atoms with Gasteiger partial charge < -0.3 is 14.4 Å². The summed E-state index contributed by atoms with van der Waals surface area (Å²) in [5.41, 5.74) is 1.16. The highest BCUT2D eigenvalue weighted by Crippen LogP contribution is 2.24. The molecule has 3 aliphatic rings. The zero-order valence-electron chi connectivity index (χ0n) is 16.3. The third-order valence-corrected chi connectivity index (χ3v) is 5.98. The molecule has 0 aliphatic carbocycles. The largest absolute Gasteiger partial charge is 0.492 e. The Labute approximate surface area is 162 Å². The first-order chi connectivity index (χ1) is 13.2. The number of hydrogen-bond acceptors (Lipinski definition) is 5. The van der Waals surface area contributed by atoms with E-state index in [0.717, 1.165) is 57.3 Å². The van der Waals surface area contributed by atoms with Crippen LogP contribution in [0.15, 0.2) is 24.3 Å². The van der Waals surface area contributed by atoms with Crippen LogP contribution in [0.2, 0.25) is 0 Å². The molecule has 0 bridgehead atoms. The summed E-state index contributed by atoms with van der Waals surface area (Å²) in [6.45, 7) is 9.05. The Balaban J connectivity index is 1.34. The first-order valence-electron chi connectivity index (χ1n) is 10.3. The van der Waals surface area contributed by atoms with E-state index in [9.17, 15) is 4.79 Å². The zero-order valence-corrected chi connectivity index (χ0v) is 16.3. The van der Waals surface area contributed by atoms with Gasteiger partial charge in [0.2, 0.25) is 5.91 Å². The second-order valence-corrected chi connectivity index (χ2v) is 7.88. The molecule has 6 heteroatoms. The number of piperazine rings is 1. The van der Waals surface area contributed by atoms with Gasteiger partial charge >= 0.3 is 0 Å². The number of amides is 1. The van der Waals surface area contributed by atoms with E-state index < -0.39 is 0 Å². The molecule has 2 atom stereocenters. The van der Waals surface area contributed by atoms with Crippen LogP contribution >= 0.6 is 0 Å². The minimum absolute atomic E-state index is 0.228. The lowest BCUT2D eigenvalue weighted by Gasteiger charge is -2.48. The normalized spacial score (nSPS) is 26.6. The monoisotopic (exact) mass is 373 g/mol. The van der Waals surface area contributed by atoms with Crippen molar-refractivity contribution in [2.75, 3.05) is 52.5 Å². The van der Waals surface area contributed by atoms with Gasteiger partial charge in [0.15, 0.2) is 0 Å². The van der Waals surface area contributed by atoms with Gasteiger partial charge in [-0.25, -0.2) is 0 Å². The Morgan fingerprint density at radius 1 is 1.19 bits per heavy atom. The first kappa shape index (κ1) is 18.7. The second kappa shape index (κ2) is 8.59. The Morgan fingerprint density at radius 3 is 2.96 bits per heavy atom. The Morgan fingerprint density at radius 2 is 2.07 bits per heavy atom. The summed E-state index contributed by atoms with van der Waals surface area (Å²) in [5.74, 6) is 1.18. The molecule has 3 aliphatic heterocycles. The lowest BCUT2D eigenvalue weighted by Crippen LogP contribution is -2.63. The highest BCUT2D eigenvalue weighted by Gasteiger charge is 2.36. The lowest BCUT2D eigenvalue weighted by atomic mass is 10.0. The van der Waals surface area contributed by atoms with Crippen LogP contribution in [-0.2, 0) is 16.1 Å². The molecule has 4 rings (SSSR count). The molecule has 0 aromatic heterocycles. The number of rotatable bonds is 4. The molecule has 0 saturated carbocycles. The molecule has 27 heavy (non-hydrogen) atoms. The van der Waals surface area contributed by atoms with E-state index in [1.54, 1.807) is 0 Å². The van der Waals surface area contributed by atoms with Gasteiger partial charge in [-0.1, -0.05) is 31.5 Å². The summed E-state index contributed by atoms with van der Waals surface area (Å²) in [7, 11) is 0. The van der Waals surface area contributed by atoms with E-state index in [2.05, 4.69) is 22.8 Å². The number of fused-ring (bicyclic) bond motifs is 2. The van der Waals surface area contributed by atoms with Crippen molar-refractivity contribution < 1.29 is 14.3 Å². The third-order valence-electron chi connectivity index (χ3n) is 5.98. The van der Waals surface area contributed by atoms with Gasteiger partial charge in [0.1, 0.15) is 12.4 Å². The van der Waals surface area contributed by atoms with Gasteiger partial charge in [0.25, 0.3) is 0 Å². The number of ether oxygens (including phenoxy) is 2. The van der Waals surface area contributed by atoms with Crippen LogP contribution < -0.4 is 4.74 Å². The average molecular weight is 373 g/mol. The third kappa shape index (κ3) is 4.28. The Kier molecular flexibility index (Phi) is 5.95. The van der Waals surface area contributed by atoms with Crippen molar-refractivity contribution >= 4 is 5.91 Å². The minimum Gasteiger partial charge on any atom is -0.492 e. The Hall–Kier alpha value is -1.63. The molecular weight excluding hydrogens is 342 g/mol. The quantitative estimate of drug-likeness (QED) is 0.802. The maximum absolute atomic E-state index is 13.0. The van der Waals surface area contributed by atoms with E-state index in [0.29, 0.717) is 25.2 Å². The van der Waals surface area contributed by atoms with Crippen LogP contribution in [0.4, 0.5) is 0 Å². The summed E-state index contributed by atoms with van der Waals surface area (Å²) >= 11 is 0. The second-order valence-electron chi connectivity index (χ2n) is 7.88. The number of morpholine rings is 1. The van der Waals surface area contributed by atoms with Gasteiger partial charge in [-0.05, 0) is 12.5 Å². The van der Waals surface area contributed by atoms with Crippen molar-refractivity contribution in [2.24, 2.45) is 0 Å². The molecule has 1 amide bonds. The van der Waals surface area contributed by atoms with Crippen LogP contribution in [0.25, 0.3) is 0 Å². The molecule has 0 N–H and O–H groups in total. The molecule has 0 spiro atoms. The molecule has 0 radical (unpaired) electrons. The molecule has 2 fully saturated rings. The number of hydrogen-bond donors (Lipinski definition) is 0. The van der Waals surface area contributed by atoms with Gasteiger partial charge in [-0.2, -0.15) is 0 Å². The number of nitrogens with zero attached hydrogens (tertiary/aromatic N) is 3. The topological polar surface area (TPSA) is 45.3 Å². The fourth-order valence-electron chi connectivity index (χ4n) is 4.55. The van der Waals surface area contributed by atoms with Crippen molar-refractivity contribution in [1.29, 1.82) is 0 Å². The van der Waals surface area contributed by atoms with Crippen molar-refractivity contribution in [3.05, 3.63) is 29.8 Å². The Bertz CT molecular complexity index is 651. The van der Waals surface area contributed by atoms with Crippen LogP contribution in [-0.4, -0.2) is 85.2 Å². The van der Waals surface area contributed by atoms with Crippen molar-refractivity contribution in [2.45, 2.75) is 38.4 Å². The van der Waals surface area contributed by atoms with Crippen molar-refractivity contribution in [1.82, 2.24) is 14.7 Å². The molecular formula is C21H31N3O3. The number of carbonyl (C=O) groups is 1. The summed E-state index contributed by atoms with van der Waals surface area (Å²) < 4.78 is 11.7. The first-order valence-corrected chi connectivity index (χ1v) is 10.3. The van der Waals surface area contributed by atoms with Crippen LogP contribution in [0, 0.1) is 0 Å².